The molecule has 0 rings (SSSR count). The Morgan fingerprint density at radius 2 is 1.47 bits per heavy atom. The third kappa shape index (κ3) is 7.11. The minimum atomic E-state index is -0.429. The van der Waals surface area contributed by atoms with E-state index in [2.05, 4.69) is 5.32 Å². The zero-order valence-electron chi connectivity index (χ0n) is 10.7. The summed E-state index contributed by atoms with van der Waals surface area (Å²) < 4.78 is 0. The minimum absolute atomic E-state index is 0.0104. The summed E-state index contributed by atoms with van der Waals surface area (Å²) in [6.45, 7) is 11.7. The Balaban J connectivity index is 3.98. The fourth-order valence-corrected chi connectivity index (χ4v) is 1.10. The smallest absolute Gasteiger partial charge is 0.225 e. The molecule has 0 saturated carbocycles. The maximum atomic E-state index is 11.5. The van der Waals surface area contributed by atoms with Crippen LogP contribution in [0.3, 0.4) is 0 Å². The topological polar surface area (TPSA) is 46.2 Å². The molecule has 3 heteroatoms. The highest BCUT2D eigenvalue weighted by Crippen LogP contribution is 2.18. The lowest BCUT2D eigenvalue weighted by molar-refractivity contribution is -0.131. The third-order valence-electron chi connectivity index (χ3n) is 1.85. The lowest BCUT2D eigenvalue weighted by Crippen LogP contribution is -2.38. The van der Waals surface area contributed by atoms with E-state index in [1.165, 1.54) is 0 Å². The van der Waals surface area contributed by atoms with Crippen molar-refractivity contribution in [2.45, 2.75) is 48.0 Å². The Hall–Kier alpha value is -0.860. The molecule has 0 aromatic rings. The molecule has 0 fully saturated rings. The molecule has 0 atom stereocenters. The summed E-state index contributed by atoms with van der Waals surface area (Å²) in [6.07, 6.45) is 0.497. The monoisotopic (exact) mass is 213 g/mol. The van der Waals surface area contributed by atoms with Gasteiger partial charge in [0, 0.05) is 11.8 Å². The Labute approximate surface area is 92.6 Å². The molecule has 0 unspecified atom stereocenters. The number of carbonyl (C=O) groups is 2. The first-order valence-corrected chi connectivity index (χ1v) is 5.32. The van der Waals surface area contributed by atoms with Crippen LogP contribution in [0.5, 0.6) is 0 Å². The van der Waals surface area contributed by atoms with Crippen molar-refractivity contribution in [1.29, 1.82) is 0 Å². The summed E-state index contributed by atoms with van der Waals surface area (Å²) in [5.41, 5.74) is -0.439. The van der Waals surface area contributed by atoms with Crippen LogP contribution in [0, 0.1) is 10.8 Å². The van der Waals surface area contributed by atoms with Gasteiger partial charge in [0.2, 0.25) is 5.91 Å². The summed E-state index contributed by atoms with van der Waals surface area (Å²) >= 11 is 0. The lowest BCUT2D eigenvalue weighted by Gasteiger charge is -2.19. The van der Waals surface area contributed by atoms with Crippen LogP contribution in [0.1, 0.15) is 48.0 Å². The molecule has 88 valence electrons. The number of amides is 1. The number of hydrogen-bond donors (Lipinski definition) is 1. The van der Waals surface area contributed by atoms with Gasteiger partial charge in [-0.15, -0.1) is 0 Å². The number of hydrogen-bond acceptors (Lipinski definition) is 2. The van der Waals surface area contributed by atoms with Crippen molar-refractivity contribution in [3.05, 3.63) is 0 Å². The predicted octanol–water partition coefficient (Wildman–Crippen LogP) is 2.15. The van der Waals surface area contributed by atoms with Crippen molar-refractivity contribution < 1.29 is 9.59 Å². The molecule has 15 heavy (non-hydrogen) atoms. The number of nitrogens with one attached hydrogen (secondary N) is 1. The van der Waals surface area contributed by atoms with Crippen LogP contribution in [-0.2, 0) is 9.59 Å². The lowest BCUT2D eigenvalue weighted by atomic mass is 9.90. The molecule has 0 aliphatic carbocycles. The average Bonchev–Trinajstić information content (AvgIpc) is 1.94. The van der Waals surface area contributed by atoms with Gasteiger partial charge in [-0.2, -0.15) is 0 Å². The van der Waals surface area contributed by atoms with Crippen molar-refractivity contribution in [2.24, 2.45) is 10.8 Å². The zero-order chi connectivity index (χ0) is 12.3. The van der Waals surface area contributed by atoms with E-state index in [9.17, 15) is 9.59 Å². The van der Waals surface area contributed by atoms with Gasteiger partial charge in [0.15, 0.2) is 5.78 Å². The second kappa shape index (κ2) is 4.77. The Morgan fingerprint density at radius 1 is 1.00 bits per heavy atom. The maximum Gasteiger partial charge on any atom is 0.225 e. The first kappa shape index (κ1) is 14.1. The number of rotatable bonds is 3. The van der Waals surface area contributed by atoms with E-state index < -0.39 is 5.41 Å². The molecule has 0 aliphatic heterocycles. The highest BCUT2D eigenvalue weighted by molar-refractivity contribution is 5.88. The first-order valence-electron chi connectivity index (χ1n) is 5.32. The second-order valence-electron chi connectivity index (χ2n) is 6.21. The van der Waals surface area contributed by atoms with Gasteiger partial charge in [0.05, 0.1) is 6.54 Å². The van der Waals surface area contributed by atoms with Crippen molar-refractivity contribution in [1.82, 2.24) is 5.32 Å². The van der Waals surface area contributed by atoms with E-state index in [-0.39, 0.29) is 23.7 Å². The molecule has 0 spiro atoms. The van der Waals surface area contributed by atoms with Crippen LogP contribution in [-0.4, -0.2) is 18.2 Å². The highest BCUT2D eigenvalue weighted by Gasteiger charge is 2.22. The Morgan fingerprint density at radius 3 is 1.80 bits per heavy atom. The van der Waals surface area contributed by atoms with Gasteiger partial charge in [-0.25, -0.2) is 0 Å². The van der Waals surface area contributed by atoms with Gasteiger partial charge < -0.3 is 5.32 Å². The van der Waals surface area contributed by atoms with Crippen molar-refractivity contribution >= 4 is 11.7 Å². The van der Waals surface area contributed by atoms with E-state index >= 15 is 0 Å². The molecule has 1 N–H and O–H groups in total. The van der Waals surface area contributed by atoms with Crippen LogP contribution in [0.4, 0.5) is 0 Å². The van der Waals surface area contributed by atoms with Crippen molar-refractivity contribution in [2.75, 3.05) is 6.54 Å². The van der Waals surface area contributed by atoms with Crippen LogP contribution in [0.25, 0.3) is 0 Å². The van der Waals surface area contributed by atoms with E-state index in [0.29, 0.717) is 6.42 Å². The normalized spacial score (nSPS) is 12.4. The standard InChI is InChI=1S/C12H23NO2/c1-11(2,3)7-9(14)8-13-10(15)12(4,5)6/h7-8H2,1-6H3,(H,13,15). The fraction of sp³-hybridized carbons (Fsp3) is 0.833. The summed E-state index contributed by atoms with van der Waals surface area (Å²) in [6, 6.07) is 0. The van der Waals surface area contributed by atoms with E-state index in [1.54, 1.807) is 0 Å². The summed E-state index contributed by atoms with van der Waals surface area (Å²) in [7, 11) is 0. The minimum Gasteiger partial charge on any atom is -0.349 e. The predicted molar refractivity (Wildman–Crippen MR) is 61.5 cm³/mol. The molecule has 3 nitrogen and oxygen atoms in total. The number of carbonyl (C=O) groups excluding carboxylic acids is 2. The Bertz CT molecular complexity index is 243. The highest BCUT2D eigenvalue weighted by atomic mass is 16.2. The molecule has 0 aromatic carbocycles. The molecule has 0 radical (unpaired) electrons. The molecule has 1 amide bonds. The zero-order valence-corrected chi connectivity index (χ0v) is 10.7. The van der Waals surface area contributed by atoms with Gasteiger partial charge in [-0.3, -0.25) is 9.59 Å². The fourth-order valence-electron chi connectivity index (χ4n) is 1.10. The largest absolute Gasteiger partial charge is 0.349 e. The molecule has 0 aliphatic rings. The summed E-state index contributed by atoms with van der Waals surface area (Å²) in [4.78, 5) is 22.9. The summed E-state index contributed by atoms with van der Waals surface area (Å²) in [5.74, 6) is 0.00450. The van der Waals surface area contributed by atoms with Gasteiger partial charge in [-0.1, -0.05) is 41.5 Å². The van der Waals surface area contributed by atoms with Crippen LogP contribution >= 0.6 is 0 Å². The van der Waals surface area contributed by atoms with E-state index in [4.69, 9.17) is 0 Å². The van der Waals surface area contributed by atoms with Crippen molar-refractivity contribution in [3.63, 3.8) is 0 Å². The van der Waals surface area contributed by atoms with Crippen molar-refractivity contribution in [3.8, 4) is 0 Å². The van der Waals surface area contributed by atoms with Gasteiger partial charge in [0.1, 0.15) is 0 Å². The second-order valence-corrected chi connectivity index (χ2v) is 6.21. The Kier molecular flexibility index (Phi) is 4.50. The number of ketones is 1. The van der Waals surface area contributed by atoms with Gasteiger partial charge >= 0.3 is 0 Å². The first-order chi connectivity index (χ1) is 6.52. The molecular formula is C12H23NO2. The SMILES string of the molecule is CC(C)(C)CC(=O)CNC(=O)C(C)(C)C. The molecule has 0 saturated heterocycles. The van der Waals surface area contributed by atoms with E-state index in [0.717, 1.165) is 0 Å². The van der Waals surface area contributed by atoms with Crippen LogP contribution < -0.4 is 5.32 Å². The third-order valence-corrected chi connectivity index (χ3v) is 1.85. The molecular weight excluding hydrogens is 190 g/mol. The van der Waals surface area contributed by atoms with Crippen LogP contribution in [0.15, 0.2) is 0 Å². The summed E-state index contributed by atoms with van der Waals surface area (Å²) in [5, 5.41) is 2.66. The maximum absolute atomic E-state index is 11.5. The van der Waals surface area contributed by atoms with Crippen LogP contribution in [0.2, 0.25) is 0 Å². The average molecular weight is 213 g/mol. The number of Topliss-reactive ketones (excluding diaryl/α,β-unsaturated/α-hetero) is 1. The van der Waals surface area contributed by atoms with Gasteiger partial charge in [-0.05, 0) is 5.41 Å². The quantitative estimate of drug-likeness (QED) is 0.781. The van der Waals surface area contributed by atoms with E-state index in [1.807, 2.05) is 41.5 Å². The molecule has 0 aromatic heterocycles. The molecule has 0 heterocycles. The molecule has 0 bridgehead atoms. The van der Waals surface area contributed by atoms with Gasteiger partial charge in [0.25, 0.3) is 0 Å².